The molecule has 2 aromatic carbocycles. The fraction of sp³-hybridized carbons (Fsp3) is 0.118. The smallest absolute Gasteiger partial charge is 0.416 e. The Morgan fingerprint density at radius 3 is 2.21 bits per heavy atom. The third-order valence-corrected chi connectivity index (χ3v) is 4.95. The maximum Gasteiger partial charge on any atom is 0.416 e. The number of alkyl halides is 3. The Morgan fingerprint density at radius 2 is 1.66 bits per heavy atom. The molecule has 3 nitrogen and oxygen atoms in total. The van der Waals surface area contributed by atoms with E-state index >= 15 is 0 Å². The number of thiazole rings is 1. The summed E-state index contributed by atoms with van der Waals surface area (Å²) in [6.07, 6.45) is -3.47. The highest BCUT2D eigenvalue weighted by atomic mass is 35.5. The number of aromatic nitrogens is 1. The van der Waals surface area contributed by atoms with Crippen LogP contribution in [0.2, 0.25) is 9.49 Å². The summed E-state index contributed by atoms with van der Waals surface area (Å²) in [7, 11) is 0. The number of halogens is 8. The molecule has 0 radical (unpaired) electrons. The predicted octanol–water partition coefficient (Wildman–Crippen LogP) is 7.29. The molecule has 1 N–H and O–H groups in total. The van der Waals surface area contributed by atoms with Gasteiger partial charge in [-0.2, -0.15) is 13.2 Å². The molecule has 0 atom stereocenters. The minimum Gasteiger partial charge on any atom is -0.450 e. The summed E-state index contributed by atoms with van der Waals surface area (Å²) in [6.45, 7) is 0.130. The zero-order valence-electron chi connectivity index (χ0n) is 13.9. The van der Waals surface area contributed by atoms with Gasteiger partial charge in [0.1, 0.15) is 11.6 Å². The van der Waals surface area contributed by atoms with Gasteiger partial charge in [-0.3, -0.25) is 0 Å². The summed E-state index contributed by atoms with van der Waals surface area (Å²) in [4.78, 5) is 4.50. The molecular weight excluding hydrogens is 465 g/mol. The highest BCUT2D eigenvalue weighted by Crippen LogP contribution is 2.39. The molecule has 154 valence electrons. The average molecular weight is 473 g/mol. The third kappa shape index (κ3) is 5.06. The van der Waals surface area contributed by atoms with Gasteiger partial charge >= 0.3 is 6.18 Å². The van der Waals surface area contributed by atoms with Crippen LogP contribution in [0.4, 0.5) is 32.0 Å². The van der Waals surface area contributed by atoms with Gasteiger partial charge in [-0.15, -0.1) is 11.3 Å². The molecule has 0 aliphatic carbocycles. The maximum atomic E-state index is 14.1. The van der Waals surface area contributed by atoms with Gasteiger partial charge in [0.2, 0.25) is 0 Å². The molecule has 1 heterocycles. The van der Waals surface area contributed by atoms with Crippen LogP contribution < -0.4 is 10.1 Å². The van der Waals surface area contributed by atoms with Crippen LogP contribution in [0.15, 0.2) is 30.5 Å². The van der Waals surface area contributed by atoms with Gasteiger partial charge in [-0.1, -0.05) is 23.2 Å². The van der Waals surface area contributed by atoms with E-state index in [-0.39, 0.29) is 39.6 Å². The lowest BCUT2D eigenvalue weighted by atomic mass is 10.2. The zero-order chi connectivity index (χ0) is 21.3. The van der Waals surface area contributed by atoms with Crippen molar-refractivity contribution in [2.45, 2.75) is 12.7 Å². The van der Waals surface area contributed by atoms with Gasteiger partial charge in [-0.05, 0) is 18.2 Å². The first-order chi connectivity index (χ1) is 13.5. The number of rotatable bonds is 5. The van der Waals surface area contributed by atoms with E-state index < -0.39 is 34.9 Å². The van der Waals surface area contributed by atoms with Gasteiger partial charge in [0, 0.05) is 17.1 Å². The first-order valence-electron chi connectivity index (χ1n) is 7.62. The normalized spacial score (nSPS) is 11.6. The second kappa shape index (κ2) is 8.29. The molecule has 0 fully saturated rings. The van der Waals surface area contributed by atoms with Crippen molar-refractivity contribution in [3.8, 4) is 11.5 Å². The average Bonchev–Trinajstić information content (AvgIpc) is 3.03. The lowest BCUT2D eigenvalue weighted by Gasteiger charge is -2.14. The molecule has 12 heteroatoms. The first kappa shape index (κ1) is 21.5. The highest BCUT2D eigenvalue weighted by molar-refractivity contribution is 7.15. The van der Waals surface area contributed by atoms with E-state index in [1.54, 1.807) is 0 Å². The molecule has 0 bridgehead atoms. The highest BCUT2D eigenvalue weighted by Gasteiger charge is 2.33. The molecule has 0 saturated carbocycles. The van der Waals surface area contributed by atoms with E-state index in [0.29, 0.717) is 4.88 Å². The van der Waals surface area contributed by atoms with Crippen LogP contribution in [0.25, 0.3) is 0 Å². The van der Waals surface area contributed by atoms with E-state index in [9.17, 15) is 26.3 Å². The fourth-order valence-corrected chi connectivity index (χ4v) is 3.33. The van der Waals surface area contributed by atoms with E-state index in [0.717, 1.165) is 23.5 Å². The Kier molecular flexibility index (Phi) is 6.16. The van der Waals surface area contributed by atoms with E-state index in [4.69, 9.17) is 27.9 Å². The van der Waals surface area contributed by atoms with Crippen LogP contribution in [0.1, 0.15) is 10.4 Å². The van der Waals surface area contributed by atoms with Gasteiger partial charge in [-0.25, -0.2) is 18.2 Å². The van der Waals surface area contributed by atoms with Crippen molar-refractivity contribution in [3.63, 3.8) is 0 Å². The molecule has 0 spiro atoms. The Hall–Kier alpha value is -2.17. The summed E-state index contributed by atoms with van der Waals surface area (Å²) in [6, 6.07) is 2.03. The summed E-state index contributed by atoms with van der Waals surface area (Å²) in [5.74, 6) is -5.44. The van der Waals surface area contributed by atoms with E-state index in [2.05, 4.69) is 10.3 Å². The van der Waals surface area contributed by atoms with Crippen LogP contribution >= 0.6 is 34.5 Å². The van der Waals surface area contributed by atoms with Crippen molar-refractivity contribution < 1.29 is 31.1 Å². The molecule has 1 aromatic heterocycles. The lowest BCUT2D eigenvalue weighted by molar-refractivity contribution is -0.138. The Bertz CT molecular complexity index is 1030. The number of hydrogen-bond acceptors (Lipinski definition) is 4. The predicted molar refractivity (Wildman–Crippen MR) is 97.3 cm³/mol. The third-order valence-electron chi connectivity index (χ3n) is 3.54. The van der Waals surface area contributed by atoms with Crippen LogP contribution in [0, 0.1) is 17.5 Å². The number of hydrogen-bond donors (Lipinski definition) is 1. The fourth-order valence-electron chi connectivity index (χ4n) is 2.22. The minimum atomic E-state index is -4.94. The van der Waals surface area contributed by atoms with Crippen LogP contribution in [0.3, 0.4) is 0 Å². The Morgan fingerprint density at radius 1 is 1.00 bits per heavy atom. The SMILES string of the molecule is Fc1cc(Cl)c(Oc2c(F)cc(C(F)(F)F)cc2F)cc1NCc1cnc(Cl)s1. The molecule has 0 unspecified atom stereocenters. The van der Waals surface area contributed by atoms with Crippen molar-refractivity contribution in [2.75, 3.05) is 5.32 Å². The van der Waals surface area contributed by atoms with Crippen LogP contribution in [-0.4, -0.2) is 4.98 Å². The number of nitrogens with zero attached hydrogens (tertiary/aromatic N) is 1. The summed E-state index contributed by atoms with van der Waals surface area (Å²) in [5.41, 5.74) is -1.64. The van der Waals surface area contributed by atoms with Crippen molar-refractivity contribution in [1.82, 2.24) is 4.98 Å². The molecule has 0 aliphatic heterocycles. The van der Waals surface area contributed by atoms with Crippen molar-refractivity contribution in [1.29, 1.82) is 0 Å². The molecule has 0 aliphatic rings. The first-order valence-corrected chi connectivity index (χ1v) is 9.19. The second-order valence-corrected chi connectivity index (χ2v) is 7.67. The number of nitrogens with one attached hydrogen (secondary N) is 1. The van der Waals surface area contributed by atoms with Crippen LogP contribution in [-0.2, 0) is 12.7 Å². The maximum absolute atomic E-state index is 14.1. The topological polar surface area (TPSA) is 34.1 Å². The Labute approximate surface area is 173 Å². The second-order valence-electron chi connectivity index (χ2n) is 5.56. The number of ether oxygens (including phenoxy) is 1. The van der Waals surface area contributed by atoms with Crippen molar-refractivity contribution in [2.24, 2.45) is 0 Å². The zero-order valence-corrected chi connectivity index (χ0v) is 16.2. The molecule has 3 aromatic rings. The summed E-state index contributed by atoms with van der Waals surface area (Å²) in [5, 5.41) is 2.38. The largest absolute Gasteiger partial charge is 0.450 e. The molecule has 0 saturated heterocycles. The minimum absolute atomic E-state index is 0.0858. The van der Waals surface area contributed by atoms with Gasteiger partial charge < -0.3 is 10.1 Å². The van der Waals surface area contributed by atoms with E-state index in [1.807, 2.05) is 0 Å². The summed E-state index contributed by atoms with van der Waals surface area (Å²) >= 11 is 12.7. The van der Waals surface area contributed by atoms with Crippen molar-refractivity contribution in [3.05, 3.63) is 67.8 Å². The quantitative estimate of drug-likeness (QED) is 0.395. The summed E-state index contributed by atoms with van der Waals surface area (Å²) < 4.78 is 85.3. The van der Waals surface area contributed by atoms with Gasteiger partial charge in [0.25, 0.3) is 0 Å². The van der Waals surface area contributed by atoms with Gasteiger partial charge in [0.05, 0.1) is 22.8 Å². The number of anilines is 1. The standard InChI is InChI=1S/C17H8Cl2F6N2OS/c18-9-3-10(20)13(26-5-8-6-27-16(19)29-8)4-14(9)28-15-11(21)1-7(2-12(15)22)17(23,24)25/h1-4,6,26H,5H2. The molecule has 3 rings (SSSR count). The molecule has 0 amide bonds. The van der Waals surface area contributed by atoms with Crippen molar-refractivity contribution >= 4 is 40.2 Å². The Balaban J connectivity index is 1.87. The lowest BCUT2D eigenvalue weighted by Crippen LogP contribution is -2.07. The monoisotopic (exact) mass is 472 g/mol. The van der Waals surface area contributed by atoms with E-state index in [1.165, 1.54) is 6.20 Å². The van der Waals surface area contributed by atoms with Gasteiger partial charge in [0.15, 0.2) is 21.9 Å². The number of benzene rings is 2. The molecular formula is C17H8Cl2F6N2OS. The van der Waals surface area contributed by atoms with Crippen LogP contribution in [0.5, 0.6) is 11.5 Å². The molecule has 29 heavy (non-hydrogen) atoms.